The van der Waals surface area contributed by atoms with Gasteiger partial charge in [0, 0.05) is 6.42 Å². The maximum atomic E-state index is 12.9. The third kappa shape index (κ3) is 4.29. The molecule has 1 N–H and O–H groups in total. The fourth-order valence-electron chi connectivity index (χ4n) is 2.00. The average Bonchev–Trinajstić information content (AvgIpc) is 2.86. The molecule has 0 aliphatic rings. The number of aromatic nitrogens is 2. The highest BCUT2D eigenvalue weighted by molar-refractivity contribution is 5.31. The summed E-state index contributed by atoms with van der Waals surface area (Å²) in [5.41, 5.74) is -0.532. The van der Waals surface area contributed by atoms with Gasteiger partial charge in [-0.25, -0.2) is 0 Å². The van der Waals surface area contributed by atoms with Crippen LogP contribution in [0.3, 0.4) is 0 Å². The van der Waals surface area contributed by atoms with E-state index in [0.29, 0.717) is 12.2 Å². The zero-order valence-electron chi connectivity index (χ0n) is 11.6. The van der Waals surface area contributed by atoms with E-state index >= 15 is 0 Å². The summed E-state index contributed by atoms with van der Waals surface area (Å²) in [5, 5.41) is 6.78. The molecule has 0 bridgehead atoms. The molecule has 21 heavy (non-hydrogen) atoms. The molecule has 7 heteroatoms. The van der Waals surface area contributed by atoms with Crippen LogP contribution in [0.2, 0.25) is 0 Å². The molecule has 1 heterocycles. The molecule has 114 valence electrons. The van der Waals surface area contributed by atoms with Crippen LogP contribution in [0.15, 0.2) is 28.8 Å². The minimum Gasteiger partial charge on any atom is -0.339 e. The first kappa shape index (κ1) is 15.5. The van der Waals surface area contributed by atoms with Gasteiger partial charge in [0.1, 0.15) is 0 Å². The molecule has 0 atom stereocenters. The first-order valence-corrected chi connectivity index (χ1v) is 6.62. The van der Waals surface area contributed by atoms with Crippen LogP contribution >= 0.6 is 0 Å². The molecule has 0 amide bonds. The summed E-state index contributed by atoms with van der Waals surface area (Å²) in [6.07, 6.45) is -2.93. The summed E-state index contributed by atoms with van der Waals surface area (Å²) in [5.74, 6) is 0.718. The van der Waals surface area contributed by atoms with Crippen molar-refractivity contribution in [1.29, 1.82) is 0 Å². The van der Waals surface area contributed by atoms with Crippen molar-refractivity contribution < 1.29 is 17.7 Å². The third-order valence-electron chi connectivity index (χ3n) is 3.00. The van der Waals surface area contributed by atoms with Crippen molar-refractivity contribution in [3.8, 4) is 0 Å². The number of halogens is 3. The van der Waals surface area contributed by atoms with Gasteiger partial charge in [0.15, 0.2) is 5.82 Å². The van der Waals surface area contributed by atoms with E-state index in [9.17, 15) is 13.2 Å². The SMILES string of the molecule is CNCCCc1noc(Cc2ccccc2C(F)(F)F)n1. The van der Waals surface area contributed by atoms with E-state index in [2.05, 4.69) is 15.5 Å². The maximum absolute atomic E-state index is 12.9. The van der Waals surface area contributed by atoms with Gasteiger partial charge in [-0.2, -0.15) is 18.2 Å². The van der Waals surface area contributed by atoms with Gasteiger partial charge in [-0.05, 0) is 31.6 Å². The number of alkyl halides is 3. The largest absolute Gasteiger partial charge is 0.416 e. The molecular weight excluding hydrogens is 283 g/mol. The van der Waals surface area contributed by atoms with E-state index < -0.39 is 11.7 Å². The fourth-order valence-corrected chi connectivity index (χ4v) is 2.00. The summed E-state index contributed by atoms with van der Waals surface area (Å²) in [7, 11) is 1.84. The van der Waals surface area contributed by atoms with Crippen LogP contribution < -0.4 is 5.32 Å². The van der Waals surface area contributed by atoms with Gasteiger partial charge in [0.05, 0.1) is 12.0 Å². The molecule has 0 fully saturated rings. The average molecular weight is 299 g/mol. The zero-order chi connectivity index (χ0) is 15.3. The summed E-state index contributed by atoms with van der Waals surface area (Å²) in [6.45, 7) is 0.820. The van der Waals surface area contributed by atoms with Gasteiger partial charge < -0.3 is 9.84 Å². The lowest BCUT2D eigenvalue weighted by Crippen LogP contribution is -2.09. The van der Waals surface area contributed by atoms with Crippen LogP contribution in [0.5, 0.6) is 0 Å². The van der Waals surface area contributed by atoms with E-state index in [1.165, 1.54) is 12.1 Å². The maximum Gasteiger partial charge on any atom is 0.416 e. The molecule has 0 aliphatic heterocycles. The Hall–Kier alpha value is -1.89. The molecule has 0 aliphatic carbocycles. The highest BCUT2D eigenvalue weighted by atomic mass is 19.4. The molecule has 1 aromatic carbocycles. The number of benzene rings is 1. The molecule has 0 unspecified atom stereocenters. The lowest BCUT2D eigenvalue weighted by atomic mass is 10.0. The third-order valence-corrected chi connectivity index (χ3v) is 3.00. The van der Waals surface area contributed by atoms with Crippen molar-refractivity contribution in [1.82, 2.24) is 15.5 Å². The topological polar surface area (TPSA) is 51.0 Å². The van der Waals surface area contributed by atoms with Crippen molar-refractivity contribution in [2.24, 2.45) is 0 Å². The van der Waals surface area contributed by atoms with Crippen molar-refractivity contribution in [2.75, 3.05) is 13.6 Å². The second-order valence-corrected chi connectivity index (χ2v) is 4.64. The Labute approximate surface area is 120 Å². The van der Waals surface area contributed by atoms with Gasteiger partial charge in [-0.1, -0.05) is 23.4 Å². The summed E-state index contributed by atoms with van der Waals surface area (Å²) in [6, 6.07) is 5.41. The molecule has 2 aromatic rings. The van der Waals surface area contributed by atoms with E-state index in [0.717, 1.165) is 19.0 Å². The number of hydrogen-bond acceptors (Lipinski definition) is 4. The monoisotopic (exact) mass is 299 g/mol. The number of rotatable bonds is 6. The molecule has 0 spiro atoms. The van der Waals surface area contributed by atoms with Crippen molar-refractivity contribution in [2.45, 2.75) is 25.4 Å². The van der Waals surface area contributed by atoms with Crippen LogP contribution in [0.1, 0.15) is 29.3 Å². The van der Waals surface area contributed by atoms with Crippen LogP contribution in [0, 0.1) is 0 Å². The number of nitrogens with zero attached hydrogens (tertiary/aromatic N) is 2. The first-order chi connectivity index (χ1) is 10.0. The number of nitrogens with one attached hydrogen (secondary N) is 1. The Balaban J connectivity index is 2.09. The summed E-state index contributed by atoms with van der Waals surface area (Å²) >= 11 is 0. The van der Waals surface area contributed by atoms with Gasteiger partial charge >= 0.3 is 6.18 Å². The van der Waals surface area contributed by atoms with Crippen LogP contribution in [0.25, 0.3) is 0 Å². The fraction of sp³-hybridized carbons (Fsp3) is 0.429. The Kier molecular flexibility index (Phi) is 4.95. The zero-order valence-corrected chi connectivity index (χ0v) is 11.6. The number of hydrogen-bond donors (Lipinski definition) is 1. The highest BCUT2D eigenvalue weighted by Crippen LogP contribution is 2.32. The lowest BCUT2D eigenvalue weighted by Gasteiger charge is -2.10. The molecule has 4 nitrogen and oxygen atoms in total. The van der Waals surface area contributed by atoms with E-state index in [-0.39, 0.29) is 17.9 Å². The Morgan fingerprint density at radius 3 is 2.71 bits per heavy atom. The van der Waals surface area contributed by atoms with Crippen LogP contribution in [0.4, 0.5) is 13.2 Å². The molecular formula is C14H16F3N3O. The summed E-state index contributed by atoms with van der Waals surface area (Å²) < 4.78 is 43.7. The Morgan fingerprint density at radius 2 is 2.00 bits per heavy atom. The van der Waals surface area contributed by atoms with Crippen LogP contribution in [-0.2, 0) is 19.0 Å². The predicted molar refractivity (Wildman–Crippen MR) is 70.8 cm³/mol. The van der Waals surface area contributed by atoms with Gasteiger partial charge in [0.2, 0.25) is 5.89 Å². The van der Waals surface area contributed by atoms with Gasteiger partial charge in [0.25, 0.3) is 0 Å². The van der Waals surface area contributed by atoms with E-state index in [4.69, 9.17) is 4.52 Å². The quantitative estimate of drug-likeness (QED) is 0.833. The molecule has 1 aromatic heterocycles. The Morgan fingerprint density at radius 1 is 1.24 bits per heavy atom. The van der Waals surface area contributed by atoms with Crippen molar-refractivity contribution in [3.05, 3.63) is 47.1 Å². The lowest BCUT2D eigenvalue weighted by molar-refractivity contribution is -0.138. The Bertz CT molecular complexity index is 581. The first-order valence-electron chi connectivity index (χ1n) is 6.62. The van der Waals surface area contributed by atoms with E-state index in [1.54, 1.807) is 6.07 Å². The minimum absolute atomic E-state index is 0.0191. The predicted octanol–water partition coefficient (Wildman–Crippen LogP) is 2.83. The van der Waals surface area contributed by atoms with Gasteiger partial charge in [-0.3, -0.25) is 0 Å². The minimum atomic E-state index is -4.38. The highest BCUT2D eigenvalue weighted by Gasteiger charge is 2.33. The smallest absolute Gasteiger partial charge is 0.339 e. The second-order valence-electron chi connectivity index (χ2n) is 4.64. The number of aryl methyl sites for hydroxylation is 1. The molecule has 0 saturated carbocycles. The molecule has 0 radical (unpaired) electrons. The van der Waals surface area contributed by atoms with Gasteiger partial charge in [-0.15, -0.1) is 0 Å². The standard InChI is InChI=1S/C14H16F3N3O/c1-18-8-4-7-12-19-13(21-20-12)9-10-5-2-3-6-11(10)14(15,16)17/h2-3,5-6,18H,4,7-9H2,1H3. The van der Waals surface area contributed by atoms with Crippen LogP contribution in [-0.4, -0.2) is 23.7 Å². The molecule has 0 saturated heterocycles. The molecule has 2 rings (SSSR count). The van der Waals surface area contributed by atoms with E-state index in [1.807, 2.05) is 7.05 Å². The second kappa shape index (κ2) is 6.71. The summed E-state index contributed by atoms with van der Waals surface area (Å²) in [4.78, 5) is 4.13. The van der Waals surface area contributed by atoms with Crippen molar-refractivity contribution >= 4 is 0 Å². The normalized spacial score (nSPS) is 11.8. The van der Waals surface area contributed by atoms with Crippen molar-refractivity contribution in [3.63, 3.8) is 0 Å².